The number of fused-ring (bicyclic) bond motifs is 4. The highest BCUT2D eigenvalue weighted by Crippen LogP contribution is 2.43. The maximum absolute atomic E-state index is 17.1. The molecular weight excluding hydrogens is 576 g/mol. The third kappa shape index (κ3) is 4.67. The number of aryl methyl sites for hydroxylation is 1. The normalized spacial score (nSPS) is 21.2. The number of phenolic OH excluding ortho intramolecular Hbond substituents is 1. The van der Waals surface area contributed by atoms with Crippen molar-refractivity contribution in [3.63, 3.8) is 0 Å². The molecule has 1 N–H and O–H groups in total. The predicted molar refractivity (Wildman–Crippen MR) is 168 cm³/mol. The SMILES string of the molecule is C#Cc1c(F)ccc2cc(O)cc(-c3nc4c5c(nc(OCC67CCCN6CCC7)nc5c3F)N3CCOCCC3CCC4)c12. The van der Waals surface area contributed by atoms with Crippen LogP contribution in [0.3, 0.4) is 0 Å². The van der Waals surface area contributed by atoms with E-state index in [1.165, 1.54) is 24.3 Å². The Kier molecular flexibility index (Phi) is 6.99. The summed E-state index contributed by atoms with van der Waals surface area (Å²) in [4.78, 5) is 19.3. The molecular formula is C35H35F2N5O3. The molecule has 4 aliphatic heterocycles. The summed E-state index contributed by atoms with van der Waals surface area (Å²) in [6.45, 7) is 4.38. The van der Waals surface area contributed by atoms with Crippen molar-refractivity contribution in [3.8, 4) is 35.4 Å². The molecule has 8 rings (SSSR count). The van der Waals surface area contributed by atoms with Crippen LogP contribution in [0.4, 0.5) is 14.6 Å². The van der Waals surface area contributed by atoms with Gasteiger partial charge in [0.25, 0.3) is 0 Å². The molecule has 3 saturated heterocycles. The first-order valence-corrected chi connectivity index (χ1v) is 16.0. The summed E-state index contributed by atoms with van der Waals surface area (Å²) in [5.41, 5.74) is 0.880. The summed E-state index contributed by atoms with van der Waals surface area (Å²) in [6, 6.07) is 5.97. The first-order chi connectivity index (χ1) is 22.0. The fourth-order valence-electron chi connectivity index (χ4n) is 8.16. The molecule has 0 aliphatic carbocycles. The van der Waals surface area contributed by atoms with Crippen molar-refractivity contribution in [1.82, 2.24) is 19.9 Å². The minimum absolute atomic E-state index is 0.0109. The van der Waals surface area contributed by atoms with Crippen molar-refractivity contribution in [2.45, 2.75) is 62.9 Å². The summed E-state index contributed by atoms with van der Waals surface area (Å²) in [7, 11) is 0. The van der Waals surface area contributed by atoms with Gasteiger partial charge in [0.15, 0.2) is 5.82 Å². The van der Waals surface area contributed by atoms with E-state index in [9.17, 15) is 9.50 Å². The van der Waals surface area contributed by atoms with Gasteiger partial charge in [-0.05, 0) is 88.0 Å². The molecule has 10 heteroatoms. The van der Waals surface area contributed by atoms with E-state index in [2.05, 4.69) is 15.7 Å². The lowest BCUT2D eigenvalue weighted by Crippen LogP contribution is -2.43. The molecule has 1 unspecified atom stereocenters. The molecule has 232 valence electrons. The summed E-state index contributed by atoms with van der Waals surface area (Å²) in [6.07, 6.45) is 13.3. The lowest BCUT2D eigenvalue weighted by molar-refractivity contribution is 0.108. The molecule has 45 heavy (non-hydrogen) atoms. The number of anilines is 1. The van der Waals surface area contributed by atoms with Crippen LogP contribution >= 0.6 is 0 Å². The first-order valence-electron chi connectivity index (χ1n) is 16.0. The standard InChI is InChI=1S/C35H35F2N5O3/c1-2-24-26(36)9-8-21-18-23(43)19-25(28(21)24)31-30(37)32-29-27(38-31)7-3-6-22-10-16-44-17-15-42(22)33(29)40-34(39-32)45-20-35-11-4-13-41(35)14-5-12-35/h1,8-9,18-19,22,43H,3-7,10-17,20H2. The minimum atomic E-state index is -0.689. The topological polar surface area (TPSA) is 83.8 Å². The highest BCUT2D eigenvalue weighted by atomic mass is 19.1. The Bertz CT molecular complexity index is 1860. The van der Waals surface area contributed by atoms with Gasteiger partial charge in [0, 0.05) is 30.1 Å². The van der Waals surface area contributed by atoms with Crippen LogP contribution in [-0.2, 0) is 11.2 Å². The van der Waals surface area contributed by atoms with Crippen molar-refractivity contribution < 1.29 is 23.4 Å². The molecule has 0 spiro atoms. The molecule has 2 aromatic heterocycles. The summed E-state index contributed by atoms with van der Waals surface area (Å²) < 4.78 is 44.3. The number of terminal acetylenes is 1. The molecule has 3 fully saturated rings. The van der Waals surface area contributed by atoms with Crippen molar-refractivity contribution in [3.05, 3.63) is 47.2 Å². The molecule has 4 aliphatic rings. The van der Waals surface area contributed by atoms with E-state index >= 15 is 4.39 Å². The molecule has 0 radical (unpaired) electrons. The van der Waals surface area contributed by atoms with Crippen LogP contribution in [0.15, 0.2) is 24.3 Å². The highest BCUT2D eigenvalue weighted by Gasteiger charge is 2.45. The zero-order valence-corrected chi connectivity index (χ0v) is 25.1. The third-order valence-corrected chi connectivity index (χ3v) is 10.3. The lowest BCUT2D eigenvalue weighted by atomic mass is 9.94. The minimum Gasteiger partial charge on any atom is -0.508 e. The van der Waals surface area contributed by atoms with E-state index in [0.29, 0.717) is 60.5 Å². The van der Waals surface area contributed by atoms with Gasteiger partial charge in [-0.1, -0.05) is 12.0 Å². The number of phenols is 1. The van der Waals surface area contributed by atoms with Gasteiger partial charge in [-0.2, -0.15) is 9.97 Å². The molecule has 2 aromatic carbocycles. The molecule has 1 atom stereocenters. The van der Waals surface area contributed by atoms with Crippen LogP contribution in [-0.4, -0.2) is 76.0 Å². The Labute approximate surface area is 260 Å². The maximum atomic E-state index is 17.1. The van der Waals surface area contributed by atoms with Gasteiger partial charge in [-0.25, -0.2) is 13.8 Å². The van der Waals surface area contributed by atoms with Gasteiger partial charge >= 0.3 is 6.01 Å². The largest absolute Gasteiger partial charge is 0.508 e. The Balaban J connectivity index is 1.35. The Hall–Kier alpha value is -4.07. The average Bonchev–Trinajstić information content (AvgIpc) is 3.53. The van der Waals surface area contributed by atoms with Gasteiger partial charge in [-0.3, -0.25) is 4.90 Å². The molecule has 8 nitrogen and oxygen atoms in total. The number of hydrogen-bond acceptors (Lipinski definition) is 8. The quantitative estimate of drug-likeness (QED) is 0.292. The number of aromatic nitrogens is 3. The second kappa shape index (κ2) is 11.1. The number of aromatic hydroxyl groups is 1. The van der Waals surface area contributed by atoms with Crippen LogP contribution in [0.5, 0.6) is 11.8 Å². The number of ether oxygens (including phenoxy) is 2. The summed E-state index contributed by atoms with van der Waals surface area (Å²) >= 11 is 0. The summed E-state index contributed by atoms with van der Waals surface area (Å²) in [5, 5.41) is 12.0. The Morgan fingerprint density at radius 1 is 1.02 bits per heavy atom. The van der Waals surface area contributed by atoms with E-state index < -0.39 is 11.6 Å². The molecule has 4 aromatic rings. The number of pyridine rings is 1. The first kappa shape index (κ1) is 28.4. The smallest absolute Gasteiger partial charge is 0.319 e. The third-order valence-electron chi connectivity index (χ3n) is 10.3. The van der Waals surface area contributed by atoms with Crippen molar-refractivity contribution in [1.29, 1.82) is 0 Å². The number of hydrogen-bond donors (Lipinski definition) is 1. The predicted octanol–water partition coefficient (Wildman–Crippen LogP) is 5.75. The highest BCUT2D eigenvalue weighted by molar-refractivity contribution is 6.03. The van der Waals surface area contributed by atoms with E-state index in [0.717, 1.165) is 58.0 Å². The van der Waals surface area contributed by atoms with E-state index in [-0.39, 0.29) is 45.7 Å². The Morgan fingerprint density at radius 3 is 2.69 bits per heavy atom. The molecule has 6 heterocycles. The zero-order chi connectivity index (χ0) is 30.7. The fourth-order valence-corrected chi connectivity index (χ4v) is 8.16. The summed E-state index contributed by atoms with van der Waals surface area (Å²) in [5.74, 6) is 1.64. The van der Waals surface area contributed by atoms with Crippen LogP contribution < -0.4 is 9.64 Å². The second-order valence-corrected chi connectivity index (χ2v) is 12.8. The van der Waals surface area contributed by atoms with E-state index in [1.54, 1.807) is 0 Å². The van der Waals surface area contributed by atoms with Crippen LogP contribution in [0.2, 0.25) is 0 Å². The Morgan fingerprint density at radius 2 is 1.87 bits per heavy atom. The van der Waals surface area contributed by atoms with E-state index in [1.807, 2.05) is 0 Å². The maximum Gasteiger partial charge on any atom is 0.319 e. The second-order valence-electron chi connectivity index (χ2n) is 12.8. The molecule has 0 amide bonds. The van der Waals surface area contributed by atoms with Crippen molar-refractivity contribution >= 4 is 27.5 Å². The van der Waals surface area contributed by atoms with Gasteiger partial charge < -0.3 is 19.5 Å². The number of nitrogens with zero attached hydrogens (tertiary/aromatic N) is 5. The van der Waals surface area contributed by atoms with Crippen molar-refractivity contribution in [2.75, 3.05) is 44.4 Å². The monoisotopic (exact) mass is 611 g/mol. The number of benzene rings is 2. The van der Waals surface area contributed by atoms with Crippen molar-refractivity contribution in [2.24, 2.45) is 0 Å². The molecule has 0 bridgehead atoms. The number of halogens is 2. The average molecular weight is 612 g/mol. The van der Waals surface area contributed by atoms with Crippen LogP contribution in [0.1, 0.15) is 56.2 Å². The van der Waals surface area contributed by atoms with E-state index in [4.69, 9.17) is 30.8 Å². The molecule has 0 saturated carbocycles. The fraction of sp³-hybridized carbons (Fsp3) is 0.457. The van der Waals surface area contributed by atoms with Crippen LogP contribution in [0.25, 0.3) is 32.9 Å². The number of rotatable bonds is 4. The van der Waals surface area contributed by atoms with Gasteiger partial charge in [0.2, 0.25) is 0 Å². The van der Waals surface area contributed by atoms with Gasteiger partial charge in [0.1, 0.15) is 35.2 Å². The van der Waals surface area contributed by atoms with Crippen LogP contribution in [0, 0.1) is 24.0 Å². The van der Waals surface area contributed by atoms with Gasteiger partial charge in [0.05, 0.1) is 28.8 Å². The lowest BCUT2D eigenvalue weighted by Gasteiger charge is -2.34. The van der Waals surface area contributed by atoms with Gasteiger partial charge in [-0.15, -0.1) is 6.42 Å². The zero-order valence-electron chi connectivity index (χ0n) is 25.1.